The van der Waals surface area contributed by atoms with Gasteiger partial charge in [0.15, 0.2) is 5.82 Å². The van der Waals surface area contributed by atoms with Crippen molar-refractivity contribution in [2.45, 2.75) is 6.92 Å². The minimum absolute atomic E-state index is 0.0383. The molecule has 1 aromatic heterocycles. The Morgan fingerprint density at radius 3 is 2.75 bits per heavy atom. The quantitative estimate of drug-likeness (QED) is 0.577. The number of nitro groups is 1. The van der Waals surface area contributed by atoms with Crippen LogP contribution in [-0.4, -0.2) is 14.7 Å². The second-order valence-electron chi connectivity index (χ2n) is 3.33. The van der Waals surface area contributed by atoms with Crippen LogP contribution in [0, 0.1) is 22.9 Å². The maximum absolute atomic E-state index is 12.7. The van der Waals surface area contributed by atoms with E-state index in [0.717, 1.165) is 6.20 Å². The fraction of sp³-hybridized carbons (Fsp3) is 0.100. The number of rotatable bonds is 2. The van der Waals surface area contributed by atoms with E-state index in [-0.39, 0.29) is 5.69 Å². The molecule has 0 unspecified atom stereocenters. The number of nitrogens with zero attached hydrogens (tertiary/aromatic N) is 3. The van der Waals surface area contributed by atoms with Crippen molar-refractivity contribution in [3.05, 3.63) is 52.1 Å². The molecule has 0 N–H and O–H groups in total. The minimum Gasteiger partial charge on any atom is -0.258 e. The lowest BCUT2D eigenvalue weighted by atomic mass is 10.2. The number of aromatic nitrogens is 2. The van der Waals surface area contributed by atoms with E-state index in [4.69, 9.17) is 0 Å². The number of aryl methyl sites for hydroxylation is 1. The highest BCUT2D eigenvalue weighted by molar-refractivity contribution is 5.47. The molecule has 1 heterocycles. The summed E-state index contributed by atoms with van der Waals surface area (Å²) in [6, 6.07) is 4.49. The zero-order valence-corrected chi connectivity index (χ0v) is 8.42. The third-order valence-corrected chi connectivity index (χ3v) is 2.19. The van der Waals surface area contributed by atoms with Gasteiger partial charge in [0.1, 0.15) is 0 Å². The SMILES string of the molecule is Cc1cc(-n2cc(F)cn2)ccc1[N+](=O)[O-]. The van der Waals surface area contributed by atoms with Crippen LogP contribution >= 0.6 is 0 Å². The largest absolute Gasteiger partial charge is 0.272 e. The Bertz CT molecular complexity index is 551. The standard InChI is InChI=1S/C10H8FN3O2/c1-7-4-9(2-3-10(7)14(15)16)13-6-8(11)5-12-13/h2-6H,1H3. The first kappa shape index (κ1) is 10.3. The molecule has 0 amide bonds. The van der Waals surface area contributed by atoms with Crippen LogP contribution in [0.3, 0.4) is 0 Å². The number of hydrogen-bond donors (Lipinski definition) is 0. The minimum atomic E-state index is -0.456. The molecule has 1 aromatic carbocycles. The van der Waals surface area contributed by atoms with Crippen molar-refractivity contribution in [1.82, 2.24) is 9.78 Å². The van der Waals surface area contributed by atoms with Crippen LogP contribution in [0.4, 0.5) is 10.1 Å². The monoisotopic (exact) mass is 221 g/mol. The first-order valence-corrected chi connectivity index (χ1v) is 4.53. The van der Waals surface area contributed by atoms with Crippen LogP contribution in [0.2, 0.25) is 0 Å². The predicted octanol–water partition coefficient (Wildman–Crippen LogP) is 2.23. The third kappa shape index (κ3) is 1.77. The maximum Gasteiger partial charge on any atom is 0.272 e. The summed E-state index contributed by atoms with van der Waals surface area (Å²) in [6.07, 6.45) is 2.29. The van der Waals surface area contributed by atoms with Crippen LogP contribution in [-0.2, 0) is 0 Å². The summed E-state index contributed by atoms with van der Waals surface area (Å²) >= 11 is 0. The number of halogens is 1. The van der Waals surface area contributed by atoms with E-state index < -0.39 is 10.7 Å². The molecule has 16 heavy (non-hydrogen) atoms. The van der Waals surface area contributed by atoms with Crippen LogP contribution in [0.5, 0.6) is 0 Å². The number of hydrogen-bond acceptors (Lipinski definition) is 3. The summed E-state index contributed by atoms with van der Waals surface area (Å²) in [5.74, 6) is -0.448. The molecule has 0 bridgehead atoms. The molecule has 2 aromatic rings. The maximum atomic E-state index is 12.7. The van der Waals surface area contributed by atoms with Crippen molar-refractivity contribution in [3.63, 3.8) is 0 Å². The molecule has 0 saturated heterocycles. The van der Waals surface area contributed by atoms with Gasteiger partial charge in [-0.25, -0.2) is 9.07 Å². The van der Waals surface area contributed by atoms with Gasteiger partial charge in [-0.1, -0.05) is 0 Å². The third-order valence-electron chi connectivity index (χ3n) is 2.19. The Kier molecular flexibility index (Phi) is 2.40. The van der Waals surface area contributed by atoms with Gasteiger partial charge in [-0.05, 0) is 19.1 Å². The summed E-state index contributed by atoms with van der Waals surface area (Å²) in [5.41, 5.74) is 1.14. The first-order valence-electron chi connectivity index (χ1n) is 4.53. The fourth-order valence-corrected chi connectivity index (χ4v) is 1.43. The van der Waals surface area contributed by atoms with Gasteiger partial charge in [0.25, 0.3) is 5.69 Å². The van der Waals surface area contributed by atoms with E-state index in [0.29, 0.717) is 11.3 Å². The van der Waals surface area contributed by atoms with E-state index in [1.165, 1.54) is 23.0 Å². The summed E-state index contributed by atoms with van der Waals surface area (Å²) in [5, 5.41) is 14.4. The Balaban J connectivity index is 2.45. The van der Waals surface area contributed by atoms with E-state index in [2.05, 4.69) is 5.10 Å². The van der Waals surface area contributed by atoms with E-state index in [1.54, 1.807) is 13.0 Å². The second-order valence-corrected chi connectivity index (χ2v) is 3.33. The van der Waals surface area contributed by atoms with Crippen LogP contribution < -0.4 is 0 Å². The fourth-order valence-electron chi connectivity index (χ4n) is 1.43. The van der Waals surface area contributed by atoms with Gasteiger partial charge < -0.3 is 0 Å². The summed E-state index contributed by atoms with van der Waals surface area (Å²) in [7, 11) is 0. The van der Waals surface area contributed by atoms with Gasteiger partial charge in [-0.15, -0.1) is 0 Å². The Morgan fingerprint density at radius 1 is 1.50 bits per heavy atom. The van der Waals surface area contributed by atoms with Crippen molar-refractivity contribution < 1.29 is 9.31 Å². The molecule has 0 saturated carbocycles. The highest BCUT2D eigenvalue weighted by Gasteiger charge is 2.11. The molecule has 6 heteroatoms. The van der Waals surface area contributed by atoms with Crippen molar-refractivity contribution >= 4 is 5.69 Å². The molecule has 0 atom stereocenters. The van der Waals surface area contributed by atoms with Gasteiger partial charge in [-0.2, -0.15) is 5.10 Å². The normalized spacial score (nSPS) is 10.4. The molecule has 0 fully saturated rings. The van der Waals surface area contributed by atoms with E-state index >= 15 is 0 Å². The van der Waals surface area contributed by atoms with E-state index in [9.17, 15) is 14.5 Å². The topological polar surface area (TPSA) is 61.0 Å². The highest BCUT2D eigenvalue weighted by Crippen LogP contribution is 2.20. The second kappa shape index (κ2) is 3.73. The predicted molar refractivity (Wildman–Crippen MR) is 54.9 cm³/mol. The average Bonchev–Trinajstić information content (AvgIpc) is 2.64. The summed E-state index contributed by atoms with van der Waals surface area (Å²) in [6.45, 7) is 1.63. The van der Waals surface area contributed by atoms with Gasteiger partial charge in [-0.3, -0.25) is 10.1 Å². The van der Waals surface area contributed by atoms with Crippen molar-refractivity contribution in [3.8, 4) is 5.69 Å². The van der Waals surface area contributed by atoms with Crippen molar-refractivity contribution in [2.75, 3.05) is 0 Å². The van der Waals surface area contributed by atoms with Gasteiger partial charge in [0, 0.05) is 11.6 Å². The highest BCUT2D eigenvalue weighted by atomic mass is 19.1. The Labute approximate surface area is 90.3 Å². The average molecular weight is 221 g/mol. The number of nitro benzene ring substituents is 1. The number of benzene rings is 1. The van der Waals surface area contributed by atoms with Crippen LogP contribution in [0.15, 0.2) is 30.6 Å². The molecule has 0 aliphatic heterocycles. The Morgan fingerprint density at radius 2 is 2.25 bits per heavy atom. The molecule has 0 aliphatic rings. The summed E-state index contributed by atoms with van der Waals surface area (Å²) in [4.78, 5) is 10.1. The molecule has 2 rings (SSSR count). The van der Waals surface area contributed by atoms with E-state index in [1.807, 2.05) is 0 Å². The zero-order chi connectivity index (χ0) is 11.7. The molecular weight excluding hydrogens is 213 g/mol. The molecular formula is C10H8FN3O2. The Hall–Kier alpha value is -2.24. The molecule has 82 valence electrons. The van der Waals surface area contributed by atoms with Gasteiger partial charge >= 0.3 is 0 Å². The van der Waals surface area contributed by atoms with Gasteiger partial charge in [0.05, 0.1) is 23.0 Å². The van der Waals surface area contributed by atoms with Gasteiger partial charge in [0.2, 0.25) is 0 Å². The summed E-state index contributed by atoms with van der Waals surface area (Å²) < 4.78 is 14.1. The van der Waals surface area contributed by atoms with Crippen LogP contribution in [0.25, 0.3) is 5.69 Å². The molecule has 0 spiro atoms. The zero-order valence-electron chi connectivity index (χ0n) is 8.42. The lowest BCUT2D eigenvalue weighted by molar-refractivity contribution is -0.385. The van der Waals surface area contributed by atoms with Crippen molar-refractivity contribution in [2.24, 2.45) is 0 Å². The first-order chi connectivity index (χ1) is 7.58. The molecule has 0 radical (unpaired) electrons. The lowest BCUT2D eigenvalue weighted by Gasteiger charge is -2.02. The van der Waals surface area contributed by atoms with Crippen molar-refractivity contribution in [1.29, 1.82) is 0 Å². The lowest BCUT2D eigenvalue weighted by Crippen LogP contribution is -1.97. The van der Waals surface area contributed by atoms with Crippen LogP contribution in [0.1, 0.15) is 5.56 Å². The molecule has 5 nitrogen and oxygen atoms in total. The smallest absolute Gasteiger partial charge is 0.258 e. The molecule has 0 aliphatic carbocycles.